The molecule has 1 aliphatic heterocycles. The van der Waals surface area contributed by atoms with Gasteiger partial charge >= 0.3 is 5.97 Å². The molecule has 1 saturated heterocycles. The lowest BCUT2D eigenvalue weighted by Crippen LogP contribution is -2.29. The molecule has 0 unspecified atom stereocenters. The number of hydrogen-bond donors (Lipinski definition) is 2. The molecule has 0 aromatic carbocycles. The van der Waals surface area contributed by atoms with Gasteiger partial charge in [0.15, 0.2) is 5.69 Å². The molecular formula is C11H18N4O4S. The highest BCUT2D eigenvalue weighted by molar-refractivity contribution is 7.90. The summed E-state index contributed by atoms with van der Waals surface area (Å²) in [7, 11) is -3.13. The number of carboxylic acid groups (broad SMARTS) is 1. The Hall–Kier alpha value is -1.48. The number of aromatic nitrogens is 3. The van der Waals surface area contributed by atoms with Gasteiger partial charge in [-0.3, -0.25) is 0 Å². The average molecular weight is 302 g/mol. The first-order valence-corrected chi connectivity index (χ1v) is 8.49. The number of aryl methyl sites for hydroxylation is 1. The summed E-state index contributed by atoms with van der Waals surface area (Å²) >= 11 is 0. The third-order valence-electron chi connectivity index (χ3n) is 3.38. The van der Waals surface area contributed by atoms with E-state index in [0.717, 1.165) is 32.2 Å². The van der Waals surface area contributed by atoms with E-state index in [-0.39, 0.29) is 23.9 Å². The summed E-state index contributed by atoms with van der Waals surface area (Å²) in [5, 5.41) is 19.9. The van der Waals surface area contributed by atoms with Crippen molar-refractivity contribution >= 4 is 15.8 Å². The van der Waals surface area contributed by atoms with Crippen molar-refractivity contribution in [1.29, 1.82) is 0 Å². The molecule has 0 bridgehead atoms. The maximum absolute atomic E-state index is 11.2. The lowest BCUT2D eigenvalue weighted by molar-refractivity contribution is 0.0688. The van der Waals surface area contributed by atoms with Crippen LogP contribution in [0.4, 0.5) is 0 Å². The first-order valence-electron chi connectivity index (χ1n) is 6.43. The van der Waals surface area contributed by atoms with Gasteiger partial charge in [0.1, 0.15) is 9.84 Å². The summed E-state index contributed by atoms with van der Waals surface area (Å²) < 4.78 is 23.9. The average Bonchev–Trinajstić information content (AvgIpc) is 2.80. The second-order valence-electron chi connectivity index (χ2n) is 5.01. The van der Waals surface area contributed by atoms with Crippen LogP contribution in [0.2, 0.25) is 0 Å². The Labute approximate surface area is 117 Å². The number of nitrogens with zero attached hydrogens (tertiary/aromatic N) is 3. The molecule has 9 heteroatoms. The topological polar surface area (TPSA) is 114 Å². The van der Waals surface area contributed by atoms with E-state index in [4.69, 9.17) is 0 Å². The molecule has 2 N–H and O–H groups in total. The summed E-state index contributed by atoms with van der Waals surface area (Å²) in [4.78, 5) is 11.2. The molecule has 1 aliphatic rings. The van der Waals surface area contributed by atoms with Crippen molar-refractivity contribution in [2.24, 2.45) is 0 Å². The molecule has 1 aromatic rings. The fourth-order valence-electron chi connectivity index (χ4n) is 2.39. The lowest BCUT2D eigenvalue weighted by atomic mass is 9.93. The van der Waals surface area contributed by atoms with Crippen LogP contribution in [0.1, 0.15) is 34.9 Å². The van der Waals surface area contributed by atoms with E-state index in [2.05, 4.69) is 15.6 Å². The van der Waals surface area contributed by atoms with Crippen molar-refractivity contribution in [2.75, 3.05) is 25.1 Å². The predicted molar refractivity (Wildman–Crippen MR) is 71.5 cm³/mol. The zero-order valence-electron chi connectivity index (χ0n) is 11.2. The largest absolute Gasteiger partial charge is 0.476 e. The van der Waals surface area contributed by atoms with Crippen LogP contribution in [-0.2, 0) is 16.4 Å². The highest BCUT2D eigenvalue weighted by Gasteiger charge is 2.27. The fraction of sp³-hybridized carbons (Fsp3) is 0.727. The normalized spacial score (nSPS) is 17.2. The third kappa shape index (κ3) is 3.54. The molecule has 1 fully saturated rings. The number of nitrogens with one attached hydrogen (secondary N) is 1. The Balaban J connectivity index is 2.29. The van der Waals surface area contributed by atoms with E-state index in [1.807, 2.05) is 0 Å². The van der Waals surface area contributed by atoms with Crippen LogP contribution in [0.3, 0.4) is 0 Å². The molecule has 0 aliphatic carbocycles. The molecule has 20 heavy (non-hydrogen) atoms. The smallest absolute Gasteiger partial charge is 0.358 e. The molecule has 8 nitrogen and oxygen atoms in total. The van der Waals surface area contributed by atoms with Gasteiger partial charge in [-0.05, 0) is 25.9 Å². The second-order valence-corrected chi connectivity index (χ2v) is 7.27. The van der Waals surface area contributed by atoms with Gasteiger partial charge in [0.25, 0.3) is 0 Å². The zero-order chi connectivity index (χ0) is 14.8. The van der Waals surface area contributed by atoms with E-state index in [9.17, 15) is 18.3 Å². The molecule has 0 radical (unpaired) electrons. The van der Waals surface area contributed by atoms with Crippen LogP contribution in [0, 0.1) is 0 Å². The first kappa shape index (κ1) is 14.9. The number of carbonyl (C=O) groups is 1. The van der Waals surface area contributed by atoms with Crippen molar-refractivity contribution in [1.82, 2.24) is 20.3 Å². The highest BCUT2D eigenvalue weighted by atomic mass is 32.2. The minimum atomic E-state index is -3.13. The van der Waals surface area contributed by atoms with Crippen molar-refractivity contribution in [3.63, 3.8) is 0 Å². The summed E-state index contributed by atoms with van der Waals surface area (Å²) in [5.41, 5.74) is 0.480. The number of hydrogen-bond acceptors (Lipinski definition) is 6. The third-order valence-corrected chi connectivity index (χ3v) is 4.30. The van der Waals surface area contributed by atoms with Gasteiger partial charge in [-0.25, -0.2) is 17.9 Å². The lowest BCUT2D eigenvalue weighted by Gasteiger charge is -2.23. The Morgan fingerprint density at radius 3 is 2.65 bits per heavy atom. The molecule has 0 spiro atoms. The summed E-state index contributed by atoms with van der Waals surface area (Å²) in [6, 6.07) is 0. The van der Waals surface area contributed by atoms with Crippen LogP contribution in [-0.4, -0.2) is 59.6 Å². The van der Waals surface area contributed by atoms with E-state index in [1.54, 1.807) is 0 Å². The van der Waals surface area contributed by atoms with E-state index < -0.39 is 15.8 Å². The summed E-state index contributed by atoms with van der Waals surface area (Å²) in [5.74, 6) is -1.14. The maximum Gasteiger partial charge on any atom is 0.358 e. The van der Waals surface area contributed by atoms with Crippen LogP contribution in [0.25, 0.3) is 0 Å². The predicted octanol–water partition coefficient (Wildman–Crippen LogP) is -0.512. The Bertz CT molecular complexity index is 590. The molecule has 0 saturated carbocycles. The monoisotopic (exact) mass is 302 g/mol. The SMILES string of the molecule is CS(=O)(=O)CCn1nnc(C(=O)O)c1C1CCNCC1. The van der Waals surface area contributed by atoms with Gasteiger partial charge < -0.3 is 10.4 Å². The quantitative estimate of drug-likeness (QED) is 0.752. The van der Waals surface area contributed by atoms with Crippen LogP contribution in [0.15, 0.2) is 0 Å². The van der Waals surface area contributed by atoms with Crippen molar-refractivity contribution in [3.8, 4) is 0 Å². The fourth-order valence-corrected chi connectivity index (χ4v) is 2.89. The molecule has 2 rings (SSSR count). The molecule has 1 aromatic heterocycles. The standard InChI is InChI=1S/C11H18N4O4S/c1-20(18,19)7-6-15-10(8-2-4-12-5-3-8)9(11(16)17)13-14-15/h8,12H,2-7H2,1H3,(H,16,17). The Morgan fingerprint density at radius 2 is 2.10 bits per heavy atom. The Morgan fingerprint density at radius 1 is 1.45 bits per heavy atom. The van der Waals surface area contributed by atoms with Crippen molar-refractivity contribution < 1.29 is 18.3 Å². The number of rotatable bonds is 5. The minimum absolute atomic E-state index is 0.0527. The van der Waals surface area contributed by atoms with E-state index in [1.165, 1.54) is 4.68 Å². The van der Waals surface area contributed by atoms with Crippen molar-refractivity contribution in [2.45, 2.75) is 25.3 Å². The second kappa shape index (κ2) is 5.88. The summed E-state index contributed by atoms with van der Waals surface area (Å²) in [6.45, 7) is 1.75. The van der Waals surface area contributed by atoms with Gasteiger partial charge in [-0.15, -0.1) is 5.10 Å². The highest BCUT2D eigenvalue weighted by Crippen LogP contribution is 2.27. The van der Waals surface area contributed by atoms with Gasteiger partial charge in [0.05, 0.1) is 18.0 Å². The van der Waals surface area contributed by atoms with Gasteiger partial charge in [-0.2, -0.15) is 0 Å². The number of carboxylic acids is 1. The number of sulfone groups is 1. The number of aromatic carboxylic acids is 1. The first-order chi connectivity index (χ1) is 9.38. The Kier molecular flexibility index (Phi) is 4.39. The van der Waals surface area contributed by atoms with Crippen LogP contribution >= 0.6 is 0 Å². The van der Waals surface area contributed by atoms with Gasteiger partial charge in [0, 0.05) is 12.2 Å². The molecular weight excluding hydrogens is 284 g/mol. The van der Waals surface area contributed by atoms with E-state index in [0.29, 0.717) is 5.69 Å². The molecule has 0 atom stereocenters. The number of piperidine rings is 1. The van der Waals surface area contributed by atoms with Crippen molar-refractivity contribution in [3.05, 3.63) is 11.4 Å². The van der Waals surface area contributed by atoms with Gasteiger partial charge in [0.2, 0.25) is 0 Å². The minimum Gasteiger partial charge on any atom is -0.476 e. The molecule has 112 valence electrons. The summed E-state index contributed by atoms with van der Waals surface area (Å²) in [6.07, 6.45) is 2.74. The van der Waals surface area contributed by atoms with Crippen LogP contribution < -0.4 is 5.32 Å². The van der Waals surface area contributed by atoms with Gasteiger partial charge in [-0.1, -0.05) is 5.21 Å². The van der Waals surface area contributed by atoms with E-state index >= 15 is 0 Å². The maximum atomic E-state index is 11.2. The molecule has 0 amide bonds. The van der Waals surface area contributed by atoms with Crippen LogP contribution in [0.5, 0.6) is 0 Å². The molecule has 2 heterocycles. The zero-order valence-corrected chi connectivity index (χ0v) is 12.1.